The highest BCUT2D eigenvalue weighted by atomic mass is 16.5. The van der Waals surface area contributed by atoms with Crippen LogP contribution in [-0.2, 0) is 6.54 Å². The van der Waals surface area contributed by atoms with Crippen LogP contribution in [0.3, 0.4) is 0 Å². The van der Waals surface area contributed by atoms with Gasteiger partial charge in [-0.2, -0.15) is 0 Å². The Morgan fingerprint density at radius 2 is 1.70 bits per heavy atom. The van der Waals surface area contributed by atoms with Crippen molar-refractivity contribution in [3.05, 3.63) is 102 Å². The van der Waals surface area contributed by atoms with Crippen LogP contribution in [0.4, 0.5) is 11.4 Å². The van der Waals surface area contributed by atoms with E-state index in [-0.39, 0.29) is 11.8 Å². The molecule has 2 amide bonds. The van der Waals surface area contributed by atoms with Crippen LogP contribution in [0, 0.1) is 0 Å². The predicted octanol–water partition coefficient (Wildman–Crippen LogP) is 5.61. The molecule has 1 aromatic heterocycles. The van der Waals surface area contributed by atoms with Crippen LogP contribution >= 0.6 is 0 Å². The molecule has 5 rings (SSSR count). The Hall–Kier alpha value is -4.89. The molecule has 1 aliphatic heterocycles. The number of anilines is 2. The minimum absolute atomic E-state index is 0.0768. The number of carbonyl (C=O) groups is 2. The number of hydrogen-bond donors (Lipinski definition) is 2. The van der Waals surface area contributed by atoms with Crippen molar-refractivity contribution in [2.45, 2.75) is 25.8 Å². The zero-order valence-electron chi connectivity index (χ0n) is 25.3. The topological polar surface area (TPSA) is 110 Å². The maximum Gasteiger partial charge on any atom is 0.255 e. The summed E-state index contributed by atoms with van der Waals surface area (Å²) in [4.78, 5) is 35.0. The molecular weight excluding hydrogens is 554 g/mol. The molecule has 3 aromatic carbocycles. The molecule has 0 unspecified atom stereocenters. The molecule has 228 valence electrons. The Kier molecular flexibility index (Phi) is 10.1. The molecule has 0 atom stereocenters. The van der Waals surface area contributed by atoms with E-state index in [2.05, 4.69) is 33.4 Å². The lowest BCUT2D eigenvalue weighted by Crippen LogP contribution is -2.32. The third kappa shape index (κ3) is 7.18. The van der Waals surface area contributed by atoms with Gasteiger partial charge in [-0.15, -0.1) is 0 Å². The largest absolute Gasteiger partial charge is 0.493 e. The van der Waals surface area contributed by atoms with E-state index in [1.165, 1.54) is 0 Å². The minimum Gasteiger partial charge on any atom is -0.493 e. The van der Waals surface area contributed by atoms with Crippen molar-refractivity contribution in [1.29, 1.82) is 0 Å². The second-order valence-corrected chi connectivity index (χ2v) is 10.8. The molecule has 0 bridgehead atoms. The second-order valence-electron chi connectivity index (χ2n) is 10.8. The fourth-order valence-electron chi connectivity index (χ4n) is 5.50. The van der Waals surface area contributed by atoms with Gasteiger partial charge >= 0.3 is 0 Å². The van der Waals surface area contributed by atoms with E-state index < -0.39 is 0 Å². The number of nitrogens with one attached hydrogen (secondary N) is 1. The number of hydrogen-bond acceptors (Lipinski definition) is 7. The van der Waals surface area contributed by atoms with Gasteiger partial charge in [-0.25, -0.2) is 0 Å². The van der Waals surface area contributed by atoms with Crippen molar-refractivity contribution in [3.63, 3.8) is 0 Å². The molecule has 0 saturated carbocycles. The molecule has 44 heavy (non-hydrogen) atoms. The number of rotatable bonds is 12. The monoisotopic (exact) mass is 593 g/mol. The first-order chi connectivity index (χ1) is 21.5. The molecule has 1 aliphatic rings. The molecule has 1 fully saturated rings. The first-order valence-electron chi connectivity index (χ1n) is 14.9. The fraction of sp³-hybridized carbons (Fsp3) is 0.286. The van der Waals surface area contributed by atoms with E-state index in [1.807, 2.05) is 29.2 Å². The zero-order chi connectivity index (χ0) is 30.9. The summed E-state index contributed by atoms with van der Waals surface area (Å²) in [5.74, 6) is 0.745. The summed E-state index contributed by atoms with van der Waals surface area (Å²) in [6.07, 6.45) is 6.18. The molecule has 2 heterocycles. The molecule has 9 nitrogen and oxygen atoms in total. The van der Waals surface area contributed by atoms with Crippen LogP contribution < -0.4 is 25.4 Å². The van der Waals surface area contributed by atoms with Crippen molar-refractivity contribution in [1.82, 2.24) is 9.88 Å². The molecule has 0 spiro atoms. The smallest absolute Gasteiger partial charge is 0.255 e. The first kappa shape index (κ1) is 30.6. The van der Waals surface area contributed by atoms with E-state index in [9.17, 15) is 9.59 Å². The quantitative estimate of drug-likeness (QED) is 0.220. The third-order valence-corrected chi connectivity index (χ3v) is 7.80. The van der Waals surface area contributed by atoms with Gasteiger partial charge in [0.25, 0.3) is 11.8 Å². The Morgan fingerprint density at radius 3 is 2.43 bits per heavy atom. The van der Waals surface area contributed by atoms with Gasteiger partial charge in [0.2, 0.25) is 0 Å². The van der Waals surface area contributed by atoms with Crippen molar-refractivity contribution < 1.29 is 19.1 Å². The summed E-state index contributed by atoms with van der Waals surface area (Å²) in [7, 11) is 3.12. The lowest BCUT2D eigenvalue weighted by atomic mass is 10.0. The molecular formula is C35H39N5O4. The Balaban J connectivity index is 1.43. The number of carbonyl (C=O) groups excluding carboxylic acids is 2. The summed E-state index contributed by atoms with van der Waals surface area (Å²) < 4.78 is 10.7. The van der Waals surface area contributed by atoms with Crippen LogP contribution in [0.1, 0.15) is 45.5 Å². The Labute approximate surface area is 258 Å². The summed E-state index contributed by atoms with van der Waals surface area (Å²) in [5.41, 5.74) is 11.5. The van der Waals surface area contributed by atoms with Gasteiger partial charge in [-0.05, 0) is 91.0 Å². The Bertz CT molecular complexity index is 1590. The number of nitrogens with zero attached hydrogens (tertiary/aromatic N) is 3. The van der Waals surface area contributed by atoms with E-state index in [1.54, 1.807) is 56.9 Å². The molecule has 4 aromatic rings. The van der Waals surface area contributed by atoms with Gasteiger partial charge < -0.3 is 30.3 Å². The van der Waals surface area contributed by atoms with Crippen molar-refractivity contribution in [2.24, 2.45) is 5.73 Å². The number of nitrogens with two attached hydrogens (primary N) is 1. The highest BCUT2D eigenvalue weighted by molar-refractivity contribution is 6.06. The average molecular weight is 594 g/mol. The molecule has 3 N–H and O–H groups in total. The number of methoxy groups -OCH3 is 2. The molecule has 1 saturated heterocycles. The SMILES string of the molecule is COc1ccc(C(=O)Nc2cc(-c3cccc(CN(CCCN)C(=O)c4cccnc4)c3)ccc2N2CCCC2)cc1OC. The van der Waals surface area contributed by atoms with Gasteiger partial charge in [0.1, 0.15) is 0 Å². The number of aromatic nitrogens is 1. The van der Waals surface area contributed by atoms with Crippen LogP contribution in [0.15, 0.2) is 85.2 Å². The number of benzene rings is 3. The average Bonchev–Trinajstić information content (AvgIpc) is 3.61. The minimum atomic E-state index is -0.234. The van der Waals surface area contributed by atoms with Crippen molar-refractivity contribution in [2.75, 3.05) is 50.6 Å². The number of ether oxygens (including phenoxy) is 2. The second kappa shape index (κ2) is 14.5. The highest BCUT2D eigenvalue weighted by Crippen LogP contribution is 2.35. The zero-order valence-corrected chi connectivity index (χ0v) is 25.3. The highest BCUT2D eigenvalue weighted by Gasteiger charge is 2.20. The number of pyridine rings is 1. The van der Waals surface area contributed by atoms with Crippen LogP contribution in [0.5, 0.6) is 11.5 Å². The summed E-state index contributed by atoms with van der Waals surface area (Å²) in [6.45, 7) is 3.37. The lowest BCUT2D eigenvalue weighted by molar-refractivity contribution is 0.0741. The van der Waals surface area contributed by atoms with Crippen LogP contribution in [0.25, 0.3) is 11.1 Å². The van der Waals surface area contributed by atoms with Gasteiger partial charge in [0.15, 0.2) is 11.5 Å². The lowest BCUT2D eigenvalue weighted by Gasteiger charge is -2.24. The van der Waals surface area contributed by atoms with Gasteiger partial charge in [0, 0.05) is 44.1 Å². The normalized spacial score (nSPS) is 12.6. The van der Waals surface area contributed by atoms with Gasteiger partial charge in [0.05, 0.1) is 31.2 Å². The standard InChI is InChI=1S/C35H39N5O4/c1-43-32-14-12-28(22-33(32)44-2)34(41)38-30-21-27(11-13-31(30)39-17-3-4-18-39)26-9-5-8-25(20-26)24-40(19-7-15-36)35(42)29-10-6-16-37-23-29/h5-6,8-14,16,20-23H,3-4,7,15,17-19,24,36H2,1-2H3,(H,38,41). The molecule has 9 heteroatoms. The third-order valence-electron chi connectivity index (χ3n) is 7.80. The predicted molar refractivity (Wildman–Crippen MR) is 173 cm³/mol. The van der Waals surface area contributed by atoms with Crippen molar-refractivity contribution in [3.8, 4) is 22.6 Å². The summed E-state index contributed by atoms with van der Waals surface area (Å²) >= 11 is 0. The number of amides is 2. The van der Waals surface area contributed by atoms with E-state index >= 15 is 0 Å². The van der Waals surface area contributed by atoms with Crippen LogP contribution in [0.2, 0.25) is 0 Å². The fourth-order valence-corrected chi connectivity index (χ4v) is 5.50. The molecule has 0 radical (unpaired) electrons. The maximum atomic E-state index is 13.5. The van der Waals surface area contributed by atoms with Crippen molar-refractivity contribution >= 4 is 23.2 Å². The maximum absolute atomic E-state index is 13.5. The first-order valence-corrected chi connectivity index (χ1v) is 14.9. The van der Waals surface area contributed by atoms with E-state index in [0.29, 0.717) is 48.7 Å². The summed E-state index contributed by atoms with van der Waals surface area (Å²) in [5, 5.41) is 3.16. The van der Waals surface area contributed by atoms with Crippen LogP contribution in [-0.4, -0.2) is 62.1 Å². The summed E-state index contributed by atoms with van der Waals surface area (Å²) in [6, 6.07) is 23.0. The Morgan fingerprint density at radius 1 is 0.909 bits per heavy atom. The molecule has 0 aliphatic carbocycles. The van der Waals surface area contributed by atoms with E-state index in [0.717, 1.165) is 54.0 Å². The van der Waals surface area contributed by atoms with E-state index in [4.69, 9.17) is 15.2 Å². The van der Waals surface area contributed by atoms with Gasteiger partial charge in [-0.1, -0.05) is 24.3 Å². The van der Waals surface area contributed by atoms with Gasteiger partial charge in [-0.3, -0.25) is 14.6 Å².